The molecule has 0 saturated heterocycles. The minimum absolute atomic E-state index is 0.0683. The van der Waals surface area contributed by atoms with Crippen LogP contribution in [0.25, 0.3) is 11.4 Å². The molecule has 1 amide bonds. The lowest BCUT2D eigenvalue weighted by atomic mass is 10.3. The van der Waals surface area contributed by atoms with Gasteiger partial charge in [0.15, 0.2) is 5.82 Å². The average Bonchev–Trinajstić information content (AvgIpc) is 2.94. The summed E-state index contributed by atoms with van der Waals surface area (Å²) in [5.74, 6) is 5.77. The van der Waals surface area contributed by atoms with Crippen molar-refractivity contribution in [2.24, 2.45) is 0 Å². The molecule has 0 spiro atoms. The summed E-state index contributed by atoms with van der Waals surface area (Å²) in [6, 6.07) is 9.26. The summed E-state index contributed by atoms with van der Waals surface area (Å²) in [5.41, 5.74) is 1.12. The summed E-state index contributed by atoms with van der Waals surface area (Å²) >= 11 is 1.13. The van der Waals surface area contributed by atoms with E-state index < -0.39 is 5.82 Å². The summed E-state index contributed by atoms with van der Waals surface area (Å²) in [6.07, 6.45) is 3.27. The van der Waals surface area contributed by atoms with Crippen molar-refractivity contribution in [3.8, 4) is 11.4 Å². The van der Waals surface area contributed by atoms with Crippen LogP contribution in [0.2, 0.25) is 0 Å². The van der Waals surface area contributed by atoms with Crippen LogP contribution in [0.4, 0.5) is 10.1 Å². The number of carbonyl (C=O) groups is 1. The zero-order valence-corrected chi connectivity index (χ0v) is 13.2. The van der Waals surface area contributed by atoms with Gasteiger partial charge in [0.2, 0.25) is 11.1 Å². The first-order chi connectivity index (χ1) is 11.6. The Balaban J connectivity index is 1.63. The van der Waals surface area contributed by atoms with Gasteiger partial charge in [0.1, 0.15) is 5.82 Å². The van der Waals surface area contributed by atoms with E-state index in [0.717, 1.165) is 17.3 Å². The van der Waals surface area contributed by atoms with Crippen LogP contribution in [0.3, 0.4) is 0 Å². The van der Waals surface area contributed by atoms with Gasteiger partial charge in [0.25, 0.3) is 0 Å². The molecule has 0 unspecified atom stereocenters. The fourth-order valence-corrected chi connectivity index (χ4v) is 2.62. The summed E-state index contributed by atoms with van der Waals surface area (Å²) in [5, 5.41) is 11.0. The summed E-state index contributed by atoms with van der Waals surface area (Å²) in [7, 11) is 0. The Morgan fingerprint density at radius 2 is 2.17 bits per heavy atom. The second kappa shape index (κ2) is 7.09. The highest BCUT2D eigenvalue weighted by Crippen LogP contribution is 2.21. The molecule has 0 saturated carbocycles. The largest absolute Gasteiger partial charge is 0.335 e. The molecule has 2 aromatic heterocycles. The number of aromatic nitrogens is 4. The molecule has 1 aromatic carbocycles. The first-order valence-corrected chi connectivity index (χ1v) is 7.91. The molecule has 3 aromatic rings. The fraction of sp³-hybridized carbons (Fsp3) is 0.0667. The molecule has 0 aliphatic heterocycles. The highest BCUT2D eigenvalue weighted by atomic mass is 32.2. The van der Waals surface area contributed by atoms with Gasteiger partial charge in [-0.05, 0) is 30.3 Å². The molecule has 3 rings (SSSR count). The molecule has 0 bridgehead atoms. The third-order valence-electron chi connectivity index (χ3n) is 3.03. The number of pyridine rings is 1. The molecule has 2 heterocycles. The van der Waals surface area contributed by atoms with Crippen LogP contribution in [0.5, 0.6) is 0 Å². The number of nitrogen functional groups attached to an aromatic ring is 1. The number of rotatable bonds is 5. The van der Waals surface area contributed by atoms with Crippen molar-refractivity contribution in [3.63, 3.8) is 0 Å². The maximum atomic E-state index is 13.1. The second-order valence-electron chi connectivity index (χ2n) is 4.77. The zero-order valence-electron chi connectivity index (χ0n) is 12.4. The Morgan fingerprint density at radius 3 is 2.92 bits per heavy atom. The van der Waals surface area contributed by atoms with Gasteiger partial charge in [0.05, 0.1) is 5.75 Å². The lowest BCUT2D eigenvalue weighted by molar-refractivity contribution is -0.113. The zero-order chi connectivity index (χ0) is 16.9. The first kappa shape index (κ1) is 15.9. The summed E-state index contributed by atoms with van der Waals surface area (Å²) < 4.78 is 14.4. The summed E-state index contributed by atoms with van der Waals surface area (Å²) in [6.45, 7) is 0. The number of hydrogen-bond donors (Lipinski definition) is 2. The second-order valence-corrected chi connectivity index (χ2v) is 5.71. The number of amides is 1. The Bertz CT molecular complexity index is 854. The van der Waals surface area contributed by atoms with Crippen LogP contribution in [0.1, 0.15) is 0 Å². The van der Waals surface area contributed by atoms with Crippen LogP contribution in [-0.2, 0) is 4.79 Å². The van der Waals surface area contributed by atoms with Crippen LogP contribution < -0.4 is 11.2 Å². The lowest BCUT2D eigenvalue weighted by Gasteiger charge is -2.05. The number of nitrogens with zero attached hydrogens (tertiary/aromatic N) is 4. The smallest absolute Gasteiger partial charge is 0.234 e. The molecule has 0 radical (unpaired) electrons. The Kier molecular flexibility index (Phi) is 4.71. The van der Waals surface area contributed by atoms with Gasteiger partial charge < -0.3 is 11.2 Å². The molecule has 0 aliphatic carbocycles. The third kappa shape index (κ3) is 3.69. The Labute approximate surface area is 141 Å². The molecule has 9 heteroatoms. The van der Waals surface area contributed by atoms with Crippen molar-refractivity contribution in [2.45, 2.75) is 5.16 Å². The van der Waals surface area contributed by atoms with E-state index in [-0.39, 0.29) is 11.7 Å². The van der Waals surface area contributed by atoms with Crippen molar-refractivity contribution < 1.29 is 9.18 Å². The van der Waals surface area contributed by atoms with Crippen molar-refractivity contribution in [2.75, 3.05) is 16.9 Å². The van der Waals surface area contributed by atoms with E-state index in [1.165, 1.54) is 22.9 Å². The van der Waals surface area contributed by atoms with Crippen LogP contribution in [-0.4, -0.2) is 31.5 Å². The monoisotopic (exact) mass is 344 g/mol. The first-order valence-electron chi connectivity index (χ1n) is 6.92. The van der Waals surface area contributed by atoms with Crippen molar-refractivity contribution >= 4 is 23.4 Å². The number of thioether (sulfide) groups is 1. The molecule has 0 atom stereocenters. The van der Waals surface area contributed by atoms with Gasteiger partial charge in [-0.3, -0.25) is 9.78 Å². The van der Waals surface area contributed by atoms with Gasteiger partial charge in [-0.2, -0.15) is 0 Å². The number of benzene rings is 1. The van der Waals surface area contributed by atoms with E-state index in [0.29, 0.717) is 16.7 Å². The average molecular weight is 344 g/mol. The van der Waals surface area contributed by atoms with E-state index in [2.05, 4.69) is 20.5 Å². The highest BCUT2D eigenvalue weighted by molar-refractivity contribution is 7.99. The SMILES string of the molecule is Nn1c(SCC(=O)Nc2cccc(F)c2)nnc1-c1cccnc1. The minimum Gasteiger partial charge on any atom is -0.335 e. The molecule has 0 aliphatic rings. The van der Waals surface area contributed by atoms with Gasteiger partial charge in [-0.1, -0.05) is 17.8 Å². The van der Waals surface area contributed by atoms with Gasteiger partial charge in [-0.15, -0.1) is 10.2 Å². The fourth-order valence-electron chi connectivity index (χ4n) is 1.96. The Hall–Kier alpha value is -2.94. The van der Waals surface area contributed by atoms with Crippen molar-refractivity contribution in [1.29, 1.82) is 0 Å². The number of halogens is 1. The molecule has 3 N–H and O–H groups in total. The molecular formula is C15H13FN6OS. The van der Waals surface area contributed by atoms with Crippen LogP contribution in [0, 0.1) is 5.82 Å². The number of anilines is 1. The quantitative estimate of drug-likeness (QED) is 0.542. The number of nitrogens with two attached hydrogens (primary N) is 1. The third-order valence-corrected chi connectivity index (χ3v) is 3.97. The van der Waals surface area contributed by atoms with Gasteiger partial charge >= 0.3 is 0 Å². The standard InChI is InChI=1S/C15H13FN6OS/c16-11-4-1-5-12(7-11)19-13(23)9-24-15-21-20-14(22(15)17)10-3-2-6-18-8-10/h1-8H,9,17H2,(H,19,23). The summed E-state index contributed by atoms with van der Waals surface area (Å²) in [4.78, 5) is 15.9. The predicted molar refractivity (Wildman–Crippen MR) is 89.2 cm³/mol. The minimum atomic E-state index is -0.414. The highest BCUT2D eigenvalue weighted by Gasteiger charge is 2.14. The molecular weight excluding hydrogens is 331 g/mol. The lowest BCUT2D eigenvalue weighted by Crippen LogP contribution is -2.16. The number of carbonyl (C=O) groups excluding carboxylic acids is 1. The molecule has 122 valence electrons. The molecule has 0 fully saturated rings. The van der Waals surface area contributed by atoms with E-state index in [4.69, 9.17) is 5.84 Å². The van der Waals surface area contributed by atoms with E-state index in [9.17, 15) is 9.18 Å². The van der Waals surface area contributed by atoms with Gasteiger partial charge in [-0.25, -0.2) is 9.07 Å². The molecule has 7 nitrogen and oxygen atoms in total. The predicted octanol–water partition coefficient (Wildman–Crippen LogP) is 1.92. The van der Waals surface area contributed by atoms with E-state index >= 15 is 0 Å². The van der Waals surface area contributed by atoms with Crippen LogP contribution in [0.15, 0.2) is 53.9 Å². The number of nitrogens with one attached hydrogen (secondary N) is 1. The van der Waals surface area contributed by atoms with E-state index in [1.807, 2.05) is 6.07 Å². The molecule has 24 heavy (non-hydrogen) atoms. The maximum Gasteiger partial charge on any atom is 0.234 e. The van der Waals surface area contributed by atoms with E-state index in [1.54, 1.807) is 24.5 Å². The number of hydrogen-bond acceptors (Lipinski definition) is 6. The Morgan fingerprint density at radius 1 is 1.29 bits per heavy atom. The van der Waals surface area contributed by atoms with Crippen LogP contribution >= 0.6 is 11.8 Å². The maximum absolute atomic E-state index is 13.1. The van der Waals surface area contributed by atoms with Gasteiger partial charge in [0, 0.05) is 23.6 Å². The van der Waals surface area contributed by atoms with Crippen molar-refractivity contribution in [3.05, 3.63) is 54.6 Å². The topological polar surface area (TPSA) is 98.7 Å². The van der Waals surface area contributed by atoms with Crippen molar-refractivity contribution in [1.82, 2.24) is 19.9 Å². The normalized spacial score (nSPS) is 10.5.